The topological polar surface area (TPSA) is 64.7 Å². The van der Waals surface area contributed by atoms with E-state index >= 15 is 0 Å². The molecule has 0 bridgehead atoms. The number of H-pyrrole nitrogens is 1. The molecule has 0 unspecified atom stereocenters. The molecule has 7 heteroatoms. The number of carbonyl (C=O) groups is 1. The zero-order valence-electron chi connectivity index (χ0n) is 14.6. The number of hydrogen-bond donors (Lipinski definition) is 1. The number of morpholine rings is 1. The number of aromatic amines is 1. The van der Waals surface area contributed by atoms with E-state index in [9.17, 15) is 4.79 Å². The average Bonchev–Trinajstić information content (AvgIpc) is 3.12. The maximum Gasteiger partial charge on any atom is 0.239 e. The quantitative estimate of drug-likeness (QED) is 0.898. The summed E-state index contributed by atoms with van der Waals surface area (Å²) >= 11 is 0. The molecule has 0 radical (unpaired) electrons. The monoisotopic (exact) mass is 343 g/mol. The molecule has 1 N–H and O–H groups in total. The highest BCUT2D eigenvalue weighted by Crippen LogP contribution is 2.19. The molecule has 134 valence electrons. The summed E-state index contributed by atoms with van der Waals surface area (Å²) in [6.07, 6.45) is 0. The summed E-state index contributed by atoms with van der Waals surface area (Å²) in [6.45, 7) is 8.24. The molecule has 1 amide bonds. The van der Waals surface area contributed by atoms with Crippen molar-refractivity contribution in [1.82, 2.24) is 19.8 Å². The van der Waals surface area contributed by atoms with Gasteiger partial charge in [-0.3, -0.25) is 9.69 Å². The van der Waals surface area contributed by atoms with Crippen LogP contribution in [0.15, 0.2) is 24.3 Å². The molecule has 2 saturated heterocycles. The molecule has 2 aliphatic heterocycles. The number of nitrogens with one attached hydrogen (secondary N) is 1. The minimum atomic E-state index is -0.0732. The summed E-state index contributed by atoms with van der Waals surface area (Å²) in [7, 11) is 0. The van der Waals surface area contributed by atoms with Gasteiger partial charge >= 0.3 is 0 Å². The molecule has 2 fully saturated rings. The van der Waals surface area contributed by atoms with Crippen molar-refractivity contribution in [2.75, 3.05) is 57.4 Å². The van der Waals surface area contributed by atoms with Gasteiger partial charge in [0.25, 0.3) is 0 Å². The first-order valence-corrected chi connectivity index (χ1v) is 9.02. The van der Waals surface area contributed by atoms with Gasteiger partial charge in [-0.25, -0.2) is 4.98 Å². The molecule has 2 aromatic rings. The van der Waals surface area contributed by atoms with Crippen molar-refractivity contribution >= 4 is 22.9 Å². The Labute approximate surface area is 147 Å². The fourth-order valence-corrected chi connectivity index (χ4v) is 3.61. The molecule has 0 aliphatic carbocycles. The Kier molecular flexibility index (Phi) is 4.59. The van der Waals surface area contributed by atoms with Crippen molar-refractivity contribution in [2.45, 2.75) is 13.0 Å². The third-order valence-electron chi connectivity index (χ3n) is 5.22. The average molecular weight is 343 g/mol. The zero-order chi connectivity index (χ0) is 17.2. The number of imidazole rings is 1. The van der Waals surface area contributed by atoms with E-state index in [0.29, 0.717) is 26.3 Å². The van der Waals surface area contributed by atoms with Gasteiger partial charge in [-0.15, -0.1) is 0 Å². The first kappa shape index (κ1) is 16.4. The Morgan fingerprint density at radius 1 is 1.12 bits per heavy atom. The van der Waals surface area contributed by atoms with Crippen LogP contribution in [0.1, 0.15) is 6.92 Å². The van der Waals surface area contributed by atoms with Crippen molar-refractivity contribution in [3.8, 4) is 0 Å². The second-order valence-corrected chi connectivity index (χ2v) is 6.71. The van der Waals surface area contributed by atoms with E-state index in [4.69, 9.17) is 4.74 Å². The summed E-state index contributed by atoms with van der Waals surface area (Å²) in [5.41, 5.74) is 2.06. The number of aromatic nitrogens is 2. The normalized spacial score (nSPS) is 20.8. The fourth-order valence-electron chi connectivity index (χ4n) is 3.61. The summed E-state index contributed by atoms with van der Waals surface area (Å²) in [5.74, 6) is 1.15. The third kappa shape index (κ3) is 3.34. The first-order valence-electron chi connectivity index (χ1n) is 9.02. The number of amides is 1. The van der Waals surface area contributed by atoms with E-state index < -0.39 is 0 Å². The van der Waals surface area contributed by atoms with E-state index in [1.807, 2.05) is 36.1 Å². The third-order valence-corrected chi connectivity index (χ3v) is 5.22. The molecule has 4 rings (SSSR count). The second-order valence-electron chi connectivity index (χ2n) is 6.71. The second kappa shape index (κ2) is 7.01. The molecule has 7 nitrogen and oxygen atoms in total. The number of piperazine rings is 1. The number of carbonyl (C=O) groups excluding carboxylic acids is 1. The molecule has 0 saturated carbocycles. The lowest BCUT2D eigenvalue weighted by atomic mass is 10.2. The predicted octanol–water partition coefficient (Wildman–Crippen LogP) is 0.932. The van der Waals surface area contributed by atoms with Gasteiger partial charge in [0.15, 0.2) is 0 Å². The number of nitrogens with zero attached hydrogens (tertiary/aromatic N) is 4. The van der Waals surface area contributed by atoms with Crippen LogP contribution in [-0.2, 0) is 9.53 Å². The molecule has 1 aromatic heterocycles. The van der Waals surface area contributed by atoms with Gasteiger partial charge < -0.3 is 19.5 Å². The lowest BCUT2D eigenvalue weighted by molar-refractivity contribution is -0.140. The zero-order valence-corrected chi connectivity index (χ0v) is 14.6. The molecular weight excluding hydrogens is 318 g/mol. The van der Waals surface area contributed by atoms with Crippen LogP contribution in [0.5, 0.6) is 0 Å². The van der Waals surface area contributed by atoms with Gasteiger partial charge in [0, 0.05) is 39.3 Å². The van der Waals surface area contributed by atoms with Gasteiger partial charge in [0.05, 0.1) is 30.3 Å². The minimum Gasteiger partial charge on any atom is -0.378 e. The van der Waals surface area contributed by atoms with Gasteiger partial charge in [-0.2, -0.15) is 0 Å². The van der Waals surface area contributed by atoms with Crippen LogP contribution in [-0.4, -0.2) is 84.2 Å². The molecule has 1 atom stereocenters. The van der Waals surface area contributed by atoms with Crippen LogP contribution in [0.4, 0.5) is 5.95 Å². The van der Waals surface area contributed by atoms with Crippen LogP contribution >= 0.6 is 0 Å². The lowest BCUT2D eigenvalue weighted by Gasteiger charge is -2.39. The summed E-state index contributed by atoms with van der Waals surface area (Å²) in [5, 5.41) is 0. The van der Waals surface area contributed by atoms with Gasteiger partial charge in [0.2, 0.25) is 11.9 Å². The largest absolute Gasteiger partial charge is 0.378 e. The highest BCUT2D eigenvalue weighted by Gasteiger charge is 2.30. The van der Waals surface area contributed by atoms with Crippen molar-refractivity contribution in [3.63, 3.8) is 0 Å². The Balaban J connectivity index is 1.36. The van der Waals surface area contributed by atoms with Gasteiger partial charge in [-0.1, -0.05) is 12.1 Å². The SMILES string of the molecule is C[C@@H](C(=O)N1CCOCC1)N1CCN(c2nc3ccccc3[nH]2)CC1. The number of benzene rings is 1. The summed E-state index contributed by atoms with van der Waals surface area (Å²) < 4.78 is 5.34. The van der Waals surface area contributed by atoms with Crippen LogP contribution < -0.4 is 4.90 Å². The van der Waals surface area contributed by atoms with Crippen molar-refractivity contribution in [2.24, 2.45) is 0 Å². The predicted molar refractivity (Wildman–Crippen MR) is 96.7 cm³/mol. The Morgan fingerprint density at radius 2 is 1.84 bits per heavy atom. The molecule has 1 aromatic carbocycles. The van der Waals surface area contributed by atoms with Gasteiger partial charge in [0.1, 0.15) is 0 Å². The van der Waals surface area contributed by atoms with E-state index in [0.717, 1.165) is 43.2 Å². The highest BCUT2D eigenvalue weighted by atomic mass is 16.5. The van der Waals surface area contributed by atoms with Crippen LogP contribution in [0.3, 0.4) is 0 Å². The van der Waals surface area contributed by atoms with Crippen LogP contribution in [0, 0.1) is 0 Å². The van der Waals surface area contributed by atoms with Gasteiger partial charge in [-0.05, 0) is 19.1 Å². The number of ether oxygens (including phenoxy) is 1. The standard InChI is InChI=1S/C18H25N5O2/c1-14(17(24)22-10-12-25-13-11-22)21-6-8-23(9-7-21)18-19-15-4-2-3-5-16(15)20-18/h2-5,14H,6-13H2,1H3,(H,19,20)/t14-/m0/s1. The number of rotatable bonds is 3. The summed E-state index contributed by atoms with van der Waals surface area (Å²) in [6, 6.07) is 8.01. The molecule has 0 spiro atoms. The van der Waals surface area contributed by atoms with Crippen molar-refractivity contribution in [1.29, 1.82) is 0 Å². The first-order chi connectivity index (χ1) is 12.2. The number of para-hydroxylation sites is 2. The number of hydrogen-bond acceptors (Lipinski definition) is 5. The molecule has 25 heavy (non-hydrogen) atoms. The Morgan fingerprint density at radius 3 is 2.56 bits per heavy atom. The Hall–Kier alpha value is -2.12. The minimum absolute atomic E-state index is 0.0732. The molecule has 3 heterocycles. The number of fused-ring (bicyclic) bond motifs is 1. The smallest absolute Gasteiger partial charge is 0.239 e. The maximum atomic E-state index is 12.7. The maximum absolute atomic E-state index is 12.7. The lowest BCUT2D eigenvalue weighted by Crippen LogP contribution is -2.56. The van der Waals surface area contributed by atoms with E-state index in [1.54, 1.807) is 0 Å². The van der Waals surface area contributed by atoms with E-state index in [1.165, 1.54) is 0 Å². The summed E-state index contributed by atoms with van der Waals surface area (Å²) in [4.78, 5) is 27.2. The molecule has 2 aliphatic rings. The fraction of sp³-hybridized carbons (Fsp3) is 0.556. The van der Waals surface area contributed by atoms with Crippen LogP contribution in [0.2, 0.25) is 0 Å². The van der Waals surface area contributed by atoms with Crippen LogP contribution in [0.25, 0.3) is 11.0 Å². The number of anilines is 1. The molecular formula is C18H25N5O2. The van der Waals surface area contributed by atoms with Crippen molar-refractivity contribution in [3.05, 3.63) is 24.3 Å². The van der Waals surface area contributed by atoms with Crippen molar-refractivity contribution < 1.29 is 9.53 Å². The Bertz CT molecular complexity index is 699. The van der Waals surface area contributed by atoms with E-state index in [2.05, 4.69) is 19.8 Å². The van der Waals surface area contributed by atoms with E-state index in [-0.39, 0.29) is 11.9 Å². The highest BCUT2D eigenvalue weighted by molar-refractivity contribution is 5.81.